The molecule has 1 saturated heterocycles. The molecule has 1 amide bonds. The number of amides is 1. The van der Waals surface area contributed by atoms with Crippen LogP contribution in [0.25, 0.3) is 0 Å². The topological polar surface area (TPSA) is 93.4 Å². The lowest BCUT2D eigenvalue weighted by Gasteiger charge is -2.32. The molecule has 0 aromatic carbocycles. The second kappa shape index (κ2) is 8.85. The molecule has 1 aliphatic rings. The number of aryl methyl sites for hydroxylation is 4. The van der Waals surface area contributed by atoms with Crippen LogP contribution < -0.4 is 5.32 Å². The van der Waals surface area contributed by atoms with Crippen LogP contribution in [0.15, 0.2) is 34.7 Å². The molecule has 1 fully saturated rings. The van der Waals surface area contributed by atoms with E-state index in [9.17, 15) is 4.79 Å². The molecule has 1 N–H and O–H groups in total. The van der Waals surface area contributed by atoms with Crippen LogP contribution in [-0.2, 0) is 11.2 Å². The predicted molar refractivity (Wildman–Crippen MR) is 116 cm³/mol. The number of carbonyl (C=O) groups excluding carboxylic acids is 1. The minimum Gasteiger partial charge on any atom is -0.435 e. The third-order valence-electron chi connectivity index (χ3n) is 5.16. The number of carbonyl (C=O) groups is 1. The molecule has 4 heterocycles. The van der Waals surface area contributed by atoms with Crippen molar-refractivity contribution < 1.29 is 13.9 Å². The van der Waals surface area contributed by atoms with E-state index in [-0.39, 0.29) is 12.0 Å². The summed E-state index contributed by atoms with van der Waals surface area (Å²) < 4.78 is 11.6. The number of hydrogen-bond donors (Lipinski definition) is 1. The maximum atomic E-state index is 13.0. The zero-order valence-corrected chi connectivity index (χ0v) is 18.3. The molecular weight excluding hydrogens is 394 g/mol. The first kappa shape index (κ1) is 21.0. The molecule has 0 radical (unpaired) electrons. The van der Waals surface area contributed by atoms with E-state index in [2.05, 4.69) is 20.3 Å². The molecule has 0 spiro atoms. The third-order valence-corrected chi connectivity index (χ3v) is 5.16. The maximum Gasteiger partial charge on any atom is 0.291 e. The molecule has 0 bridgehead atoms. The molecular formula is C23H27N5O3. The molecule has 4 rings (SSSR count). The minimum atomic E-state index is -0.322. The fraction of sp³-hybridized carbons (Fsp3) is 0.391. The SMILES string of the molecule is CCc1nc(C)c(C(=O)N2CCOC(c3cc(Nc4cccc(C)n4)cc(C)n3)C2)o1. The number of ether oxygens (including phenoxy) is 1. The van der Waals surface area contributed by atoms with Crippen molar-refractivity contribution in [1.29, 1.82) is 0 Å². The molecule has 162 valence electrons. The van der Waals surface area contributed by atoms with Crippen molar-refractivity contribution in [2.45, 2.75) is 40.2 Å². The number of aromatic nitrogens is 3. The van der Waals surface area contributed by atoms with Crippen molar-refractivity contribution in [2.24, 2.45) is 0 Å². The molecule has 31 heavy (non-hydrogen) atoms. The maximum absolute atomic E-state index is 13.0. The standard InChI is InChI=1S/C23H27N5O3/c1-5-21-26-16(4)22(31-21)23(29)28-9-10-30-19(13-28)18-12-17(11-15(3)24-18)27-20-8-6-7-14(2)25-20/h6-8,11-12,19H,5,9-10,13H2,1-4H3,(H,24,25,27). The highest BCUT2D eigenvalue weighted by Gasteiger charge is 2.30. The number of nitrogens with zero attached hydrogens (tertiary/aromatic N) is 4. The highest BCUT2D eigenvalue weighted by atomic mass is 16.5. The average Bonchev–Trinajstić information content (AvgIpc) is 3.13. The molecule has 0 aliphatic carbocycles. The zero-order chi connectivity index (χ0) is 22.0. The van der Waals surface area contributed by atoms with E-state index in [1.807, 2.05) is 51.1 Å². The second-order valence-electron chi connectivity index (χ2n) is 7.70. The van der Waals surface area contributed by atoms with Crippen LogP contribution in [0.3, 0.4) is 0 Å². The van der Waals surface area contributed by atoms with E-state index in [1.54, 1.807) is 11.8 Å². The largest absolute Gasteiger partial charge is 0.435 e. The number of oxazole rings is 1. The lowest BCUT2D eigenvalue weighted by atomic mass is 10.1. The monoisotopic (exact) mass is 421 g/mol. The van der Waals surface area contributed by atoms with Crippen LogP contribution in [0.2, 0.25) is 0 Å². The Labute approximate surface area is 181 Å². The van der Waals surface area contributed by atoms with Crippen molar-refractivity contribution in [1.82, 2.24) is 19.9 Å². The Morgan fingerprint density at radius 2 is 2.00 bits per heavy atom. The Hall–Kier alpha value is -3.26. The summed E-state index contributed by atoms with van der Waals surface area (Å²) in [6, 6.07) is 9.75. The van der Waals surface area contributed by atoms with E-state index in [0.717, 1.165) is 28.6 Å². The summed E-state index contributed by atoms with van der Waals surface area (Å²) in [5.74, 6) is 1.49. The Kier molecular flexibility index (Phi) is 5.99. The van der Waals surface area contributed by atoms with Gasteiger partial charge < -0.3 is 19.4 Å². The van der Waals surface area contributed by atoms with Gasteiger partial charge in [0, 0.05) is 30.0 Å². The highest BCUT2D eigenvalue weighted by molar-refractivity contribution is 5.92. The van der Waals surface area contributed by atoms with Gasteiger partial charge in [0.2, 0.25) is 5.76 Å². The van der Waals surface area contributed by atoms with Crippen molar-refractivity contribution in [2.75, 3.05) is 25.0 Å². The van der Waals surface area contributed by atoms with Gasteiger partial charge in [-0.05, 0) is 45.0 Å². The van der Waals surface area contributed by atoms with Crippen molar-refractivity contribution >= 4 is 17.4 Å². The number of anilines is 2. The Morgan fingerprint density at radius 1 is 1.16 bits per heavy atom. The normalized spacial score (nSPS) is 16.4. The molecule has 8 heteroatoms. The molecule has 1 unspecified atom stereocenters. The quantitative estimate of drug-likeness (QED) is 0.667. The Morgan fingerprint density at radius 3 is 2.74 bits per heavy atom. The number of morpholine rings is 1. The molecule has 3 aromatic heterocycles. The van der Waals surface area contributed by atoms with Gasteiger partial charge in [0.15, 0.2) is 5.89 Å². The Bertz CT molecular complexity index is 1090. The molecule has 0 saturated carbocycles. The second-order valence-corrected chi connectivity index (χ2v) is 7.70. The summed E-state index contributed by atoms with van der Waals surface area (Å²) in [5.41, 5.74) is 4.08. The minimum absolute atomic E-state index is 0.159. The van der Waals surface area contributed by atoms with Gasteiger partial charge in [-0.1, -0.05) is 13.0 Å². The van der Waals surface area contributed by atoms with Gasteiger partial charge in [0.1, 0.15) is 11.9 Å². The van der Waals surface area contributed by atoms with Gasteiger partial charge in [-0.15, -0.1) is 0 Å². The molecule has 8 nitrogen and oxygen atoms in total. The first-order valence-electron chi connectivity index (χ1n) is 10.5. The van der Waals surface area contributed by atoms with Crippen molar-refractivity contribution in [3.63, 3.8) is 0 Å². The summed E-state index contributed by atoms with van der Waals surface area (Å²) in [4.78, 5) is 28.3. The van der Waals surface area contributed by atoms with Gasteiger partial charge >= 0.3 is 0 Å². The summed E-state index contributed by atoms with van der Waals surface area (Å²) in [6.45, 7) is 8.98. The Balaban J connectivity index is 1.53. The van der Waals surface area contributed by atoms with E-state index in [1.165, 1.54) is 0 Å². The molecule has 3 aromatic rings. The van der Waals surface area contributed by atoms with Gasteiger partial charge in [0.05, 0.1) is 24.5 Å². The van der Waals surface area contributed by atoms with Gasteiger partial charge in [0.25, 0.3) is 5.91 Å². The summed E-state index contributed by atoms with van der Waals surface area (Å²) >= 11 is 0. The number of hydrogen-bond acceptors (Lipinski definition) is 7. The average molecular weight is 422 g/mol. The van der Waals surface area contributed by atoms with Crippen LogP contribution in [0.4, 0.5) is 11.5 Å². The number of nitrogens with one attached hydrogen (secondary N) is 1. The van der Waals surface area contributed by atoms with E-state index >= 15 is 0 Å². The first-order valence-corrected chi connectivity index (χ1v) is 10.5. The lowest BCUT2D eigenvalue weighted by molar-refractivity contribution is -0.0257. The highest BCUT2D eigenvalue weighted by Crippen LogP contribution is 2.26. The van der Waals surface area contributed by atoms with E-state index in [4.69, 9.17) is 9.15 Å². The number of pyridine rings is 2. The van der Waals surface area contributed by atoms with Crippen molar-refractivity contribution in [3.05, 3.63) is 64.8 Å². The predicted octanol–water partition coefficient (Wildman–Crippen LogP) is 3.91. The van der Waals surface area contributed by atoms with Crippen molar-refractivity contribution in [3.8, 4) is 0 Å². The molecule has 1 atom stereocenters. The molecule has 1 aliphatic heterocycles. The fourth-order valence-corrected chi connectivity index (χ4v) is 3.65. The van der Waals surface area contributed by atoms with Crippen LogP contribution in [0.5, 0.6) is 0 Å². The smallest absolute Gasteiger partial charge is 0.291 e. The van der Waals surface area contributed by atoms with Crippen LogP contribution in [0.1, 0.15) is 52.2 Å². The van der Waals surface area contributed by atoms with Gasteiger partial charge in [-0.2, -0.15) is 0 Å². The summed E-state index contributed by atoms with van der Waals surface area (Å²) in [6.07, 6.45) is 0.330. The van der Waals surface area contributed by atoms with Crippen LogP contribution in [-0.4, -0.2) is 45.5 Å². The van der Waals surface area contributed by atoms with E-state index < -0.39 is 0 Å². The fourth-order valence-electron chi connectivity index (χ4n) is 3.65. The van der Waals surface area contributed by atoms with Crippen LogP contribution in [0, 0.1) is 20.8 Å². The summed E-state index contributed by atoms with van der Waals surface area (Å²) in [5, 5.41) is 3.33. The van der Waals surface area contributed by atoms with Gasteiger partial charge in [-0.3, -0.25) is 9.78 Å². The third kappa shape index (κ3) is 4.74. The van der Waals surface area contributed by atoms with E-state index in [0.29, 0.717) is 43.5 Å². The lowest BCUT2D eigenvalue weighted by Crippen LogP contribution is -2.42. The summed E-state index contributed by atoms with van der Waals surface area (Å²) in [7, 11) is 0. The number of rotatable bonds is 5. The zero-order valence-electron chi connectivity index (χ0n) is 18.3. The van der Waals surface area contributed by atoms with Crippen LogP contribution >= 0.6 is 0 Å². The van der Waals surface area contributed by atoms with Gasteiger partial charge in [-0.25, -0.2) is 9.97 Å². The first-order chi connectivity index (χ1) is 14.9.